The maximum absolute atomic E-state index is 5.84. The number of benzene rings is 3. The topological polar surface area (TPSA) is 69.6 Å². The van der Waals surface area contributed by atoms with Crippen molar-refractivity contribution in [1.29, 1.82) is 0 Å². The molecule has 0 fully saturated rings. The lowest BCUT2D eigenvalue weighted by Gasteiger charge is -2.05. The highest BCUT2D eigenvalue weighted by molar-refractivity contribution is 5.61. The molecule has 6 heteroatoms. The molecule has 2 aromatic heterocycles. The predicted molar refractivity (Wildman–Crippen MR) is 106 cm³/mol. The van der Waals surface area contributed by atoms with Gasteiger partial charge >= 0.3 is 0 Å². The van der Waals surface area contributed by atoms with Crippen LogP contribution in [0, 0.1) is 0 Å². The Kier molecular flexibility index (Phi) is 3.99. The lowest BCUT2D eigenvalue weighted by atomic mass is 10.2. The lowest BCUT2D eigenvalue weighted by Crippen LogP contribution is -1.99. The first-order valence-corrected chi connectivity index (χ1v) is 8.86. The molecule has 0 atom stereocenters. The minimum Gasteiger partial charge on any atom is -0.413 e. The van der Waals surface area contributed by atoms with Crippen LogP contribution in [0.2, 0.25) is 0 Å². The molecule has 0 saturated carbocycles. The van der Waals surface area contributed by atoms with Crippen molar-refractivity contribution >= 4 is 0 Å². The van der Waals surface area contributed by atoms with E-state index < -0.39 is 0 Å². The summed E-state index contributed by atoms with van der Waals surface area (Å²) in [5.41, 5.74) is 2.71. The van der Waals surface area contributed by atoms with Crippen LogP contribution in [0.3, 0.4) is 0 Å². The van der Waals surface area contributed by atoms with Gasteiger partial charge in [0.05, 0.1) is 5.69 Å². The zero-order valence-corrected chi connectivity index (χ0v) is 14.8. The minimum absolute atomic E-state index is 0.283. The fraction of sp³-hybridized carbons (Fsp3) is 0. The molecule has 6 nitrogen and oxygen atoms in total. The third kappa shape index (κ3) is 2.97. The van der Waals surface area contributed by atoms with Gasteiger partial charge in [0.15, 0.2) is 5.82 Å². The van der Waals surface area contributed by atoms with Gasteiger partial charge in [-0.25, -0.2) is 9.67 Å². The van der Waals surface area contributed by atoms with Crippen LogP contribution in [-0.4, -0.2) is 25.0 Å². The highest BCUT2D eigenvalue weighted by Crippen LogP contribution is 2.26. The van der Waals surface area contributed by atoms with Crippen molar-refractivity contribution in [3.8, 4) is 40.2 Å². The number of aromatic nitrogens is 5. The summed E-state index contributed by atoms with van der Waals surface area (Å²) in [6.45, 7) is 0. The van der Waals surface area contributed by atoms with E-state index >= 15 is 0 Å². The van der Waals surface area contributed by atoms with E-state index in [1.807, 2.05) is 91.0 Å². The monoisotopic (exact) mass is 365 g/mol. The quantitative estimate of drug-likeness (QED) is 0.464. The Bertz CT molecular complexity index is 1140. The smallest absolute Gasteiger partial charge is 0.287 e. The van der Waals surface area contributed by atoms with E-state index in [1.54, 1.807) is 4.68 Å². The van der Waals surface area contributed by atoms with Crippen LogP contribution in [0.4, 0.5) is 0 Å². The van der Waals surface area contributed by atoms with Crippen molar-refractivity contribution < 1.29 is 4.42 Å². The second kappa shape index (κ2) is 6.92. The number of hydrogen-bond acceptors (Lipinski definition) is 5. The maximum atomic E-state index is 5.84. The van der Waals surface area contributed by atoms with E-state index in [-0.39, 0.29) is 5.89 Å². The molecule has 0 saturated heterocycles. The van der Waals surface area contributed by atoms with Gasteiger partial charge in [-0.2, -0.15) is 0 Å². The van der Waals surface area contributed by atoms with Gasteiger partial charge in [0.1, 0.15) is 0 Å². The molecule has 0 N–H and O–H groups in total. The molecule has 2 heterocycles. The lowest BCUT2D eigenvalue weighted by molar-refractivity contribution is 0.579. The Hall–Kier alpha value is -4.06. The van der Waals surface area contributed by atoms with Gasteiger partial charge in [-0.05, 0) is 24.3 Å². The molecule has 0 radical (unpaired) electrons. The minimum atomic E-state index is 0.283. The first-order chi connectivity index (χ1) is 13.9. The Morgan fingerprint density at radius 3 is 1.86 bits per heavy atom. The molecule has 0 aliphatic carbocycles. The van der Waals surface area contributed by atoms with Gasteiger partial charge in [-0.3, -0.25) is 0 Å². The fourth-order valence-electron chi connectivity index (χ4n) is 2.94. The van der Waals surface area contributed by atoms with Gasteiger partial charge in [-0.15, -0.1) is 15.3 Å². The molecule has 3 aromatic carbocycles. The fourth-order valence-corrected chi connectivity index (χ4v) is 2.94. The standard InChI is InChI=1S/C22H15N5O/c1-4-10-16(11-5-1)20-23-19(26-27(20)18-14-8-3-9-15-18)22-25-24-21(28-22)17-12-6-2-7-13-17/h1-15H. The summed E-state index contributed by atoms with van der Waals surface area (Å²) in [7, 11) is 0. The van der Waals surface area contributed by atoms with E-state index in [9.17, 15) is 0 Å². The summed E-state index contributed by atoms with van der Waals surface area (Å²) >= 11 is 0. The average Bonchev–Trinajstić information content (AvgIpc) is 3.43. The Morgan fingerprint density at radius 2 is 1.18 bits per heavy atom. The third-order valence-corrected chi connectivity index (χ3v) is 4.28. The SMILES string of the molecule is c1ccc(-c2nnc(-c3nc(-c4ccccc4)n(-c4ccccc4)n3)o2)cc1. The van der Waals surface area contributed by atoms with E-state index in [0.29, 0.717) is 17.5 Å². The van der Waals surface area contributed by atoms with Gasteiger partial charge in [-0.1, -0.05) is 66.7 Å². The maximum Gasteiger partial charge on any atom is 0.287 e. The van der Waals surface area contributed by atoms with Gasteiger partial charge < -0.3 is 4.42 Å². The molecule has 0 bridgehead atoms. The molecule has 0 aliphatic rings. The molecular formula is C22H15N5O. The van der Waals surface area contributed by atoms with Crippen molar-refractivity contribution in [3.63, 3.8) is 0 Å². The number of rotatable bonds is 4. The van der Waals surface area contributed by atoms with Crippen molar-refractivity contribution in [3.05, 3.63) is 91.0 Å². The Morgan fingerprint density at radius 1 is 0.607 bits per heavy atom. The van der Waals surface area contributed by atoms with E-state index in [2.05, 4.69) is 20.3 Å². The van der Waals surface area contributed by atoms with E-state index in [0.717, 1.165) is 16.8 Å². The Balaban J connectivity index is 1.62. The summed E-state index contributed by atoms with van der Waals surface area (Å²) in [4.78, 5) is 4.69. The molecule has 5 rings (SSSR count). The highest BCUT2D eigenvalue weighted by Gasteiger charge is 2.19. The number of hydrogen-bond donors (Lipinski definition) is 0. The van der Waals surface area contributed by atoms with Crippen LogP contribution < -0.4 is 0 Å². The second-order valence-corrected chi connectivity index (χ2v) is 6.15. The van der Waals surface area contributed by atoms with Gasteiger partial charge in [0.2, 0.25) is 11.7 Å². The van der Waals surface area contributed by atoms with Crippen molar-refractivity contribution in [2.75, 3.05) is 0 Å². The summed E-state index contributed by atoms with van der Waals surface area (Å²) in [6, 6.07) is 29.4. The van der Waals surface area contributed by atoms with Crippen LogP contribution in [0.1, 0.15) is 0 Å². The second-order valence-electron chi connectivity index (χ2n) is 6.15. The first-order valence-electron chi connectivity index (χ1n) is 8.86. The molecular weight excluding hydrogens is 350 g/mol. The van der Waals surface area contributed by atoms with Gasteiger partial charge in [0, 0.05) is 11.1 Å². The first kappa shape index (κ1) is 16.1. The molecule has 0 amide bonds. The molecule has 5 aromatic rings. The predicted octanol–water partition coefficient (Wildman–Crippen LogP) is 4.65. The molecule has 0 spiro atoms. The van der Waals surface area contributed by atoms with Crippen LogP contribution in [0.15, 0.2) is 95.4 Å². The number of para-hydroxylation sites is 1. The molecule has 134 valence electrons. The molecule has 0 aliphatic heterocycles. The largest absolute Gasteiger partial charge is 0.413 e. The van der Waals surface area contributed by atoms with Crippen LogP contribution in [0.25, 0.3) is 40.2 Å². The molecule has 28 heavy (non-hydrogen) atoms. The third-order valence-electron chi connectivity index (χ3n) is 4.28. The highest BCUT2D eigenvalue weighted by atomic mass is 16.4. The normalized spacial score (nSPS) is 10.9. The van der Waals surface area contributed by atoms with Crippen molar-refractivity contribution in [2.45, 2.75) is 0 Å². The summed E-state index contributed by atoms with van der Waals surface area (Å²) in [5.74, 6) is 1.82. The van der Waals surface area contributed by atoms with E-state index in [1.165, 1.54) is 0 Å². The summed E-state index contributed by atoms with van der Waals surface area (Å²) < 4.78 is 7.62. The van der Waals surface area contributed by atoms with Crippen LogP contribution in [0.5, 0.6) is 0 Å². The number of nitrogens with zero attached hydrogens (tertiary/aromatic N) is 5. The van der Waals surface area contributed by atoms with E-state index in [4.69, 9.17) is 4.42 Å². The van der Waals surface area contributed by atoms with Crippen LogP contribution >= 0.6 is 0 Å². The summed E-state index contributed by atoms with van der Waals surface area (Å²) in [6.07, 6.45) is 0. The molecule has 0 unspecified atom stereocenters. The summed E-state index contributed by atoms with van der Waals surface area (Å²) in [5, 5.41) is 12.9. The van der Waals surface area contributed by atoms with Crippen LogP contribution in [-0.2, 0) is 0 Å². The van der Waals surface area contributed by atoms with Crippen molar-refractivity contribution in [1.82, 2.24) is 25.0 Å². The average molecular weight is 365 g/mol. The van der Waals surface area contributed by atoms with Gasteiger partial charge in [0.25, 0.3) is 5.89 Å². The zero-order chi connectivity index (χ0) is 18.8. The Labute approximate surface area is 161 Å². The van der Waals surface area contributed by atoms with Crippen molar-refractivity contribution in [2.24, 2.45) is 0 Å². The zero-order valence-electron chi connectivity index (χ0n) is 14.8.